The van der Waals surface area contributed by atoms with E-state index in [1.54, 1.807) is 25.8 Å². The lowest BCUT2D eigenvalue weighted by molar-refractivity contribution is -0.146. The Kier molecular flexibility index (Phi) is 3.84. The summed E-state index contributed by atoms with van der Waals surface area (Å²) >= 11 is 0. The summed E-state index contributed by atoms with van der Waals surface area (Å²) in [6.07, 6.45) is -3.63. The number of nitrogens with one attached hydrogen (secondary N) is 1. The Bertz CT molecular complexity index is 800. The van der Waals surface area contributed by atoms with Crippen LogP contribution in [0.5, 0.6) is 0 Å². The molecule has 1 atom stereocenters. The topological polar surface area (TPSA) is 75.4 Å². The van der Waals surface area contributed by atoms with Gasteiger partial charge in [-0.2, -0.15) is 17.7 Å². The van der Waals surface area contributed by atoms with E-state index in [-0.39, 0.29) is 17.6 Å². The van der Waals surface area contributed by atoms with Crippen molar-refractivity contribution in [2.75, 3.05) is 18.9 Å². The van der Waals surface area contributed by atoms with Gasteiger partial charge in [-0.05, 0) is 25.8 Å². The van der Waals surface area contributed by atoms with Crippen LogP contribution in [0.25, 0.3) is 5.65 Å². The van der Waals surface area contributed by atoms with Crippen LogP contribution in [0.2, 0.25) is 0 Å². The number of halogens is 3. The lowest BCUT2D eigenvalue weighted by Gasteiger charge is -2.30. The number of amides is 1. The van der Waals surface area contributed by atoms with Crippen molar-refractivity contribution in [3.8, 4) is 0 Å². The van der Waals surface area contributed by atoms with Crippen molar-refractivity contribution in [3.05, 3.63) is 17.0 Å². The molecule has 130 valence electrons. The first kappa shape index (κ1) is 16.5. The number of carbonyl (C=O) groups excluding carboxylic acids is 1. The van der Waals surface area contributed by atoms with Crippen LogP contribution in [0.4, 0.5) is 19.0 Å². The molecule has 1 unspecified atom stereocenters. The van der Waals surface area contributed by atoms with Crippen LogP contribution in [-0.2, 0) is 11.0 Å². The van der Waals surface area contributed by atoms with Crippen molar-refractivity contribution >= 4 is 17.4 Å². The number of aryl methyl sites for hydroxylation is 1. The van der Waals surface area contributed by atoms with Crippen molar-refractivity contribution in [3.63, 3.8) is 0 Å². The molecule has 24 heavy (non-hydrogen) atoms. The molecule has 0 saturated carbocycles. The van der Waals surface area contributed by atoms with Gasteiger partial charge in [0.25, 0.3) is 5.82 Å². The molecule has 3 heterocycles. The Hall–Kier alpha value is -2.39. The van der Waals surface area contributed by atoms with Gasteiger partial charge in [-0.25, -0.2) is 0 Å². The molecule has 0 bridgehead atoms. The number of anilines is 1. The van der Waals surface area contributed by atoms with Gasteiger partial charge in [-0.3, -0.25) is 4.79 Å². The van der Waals surface area contributed by atoms with Gasteiger partial charge in [0.15, 0.2) is 11.5 Å². The average molecular weight is 342 g/mol. The maximum atomic E-state index is 13.0. The fourth-order valence-corrected chi connectivity index (χ4v) is 2.77. The van der Waals surface area contributed by atoms with E-state index in [4.69, 9.17) is 0 Å². The molecule has 1 saturated heterocycles. The second-order valence-corrected chi connectivity index (χ2v) is 6.01. The first-order valence-electron chi connectivity index (χ1n) is 7.48. The van der Waals surface area contributed by atoms with E-state index in [9.17, 15) is 18.0 Å². The number of nitrogens with zero attached hydrogens (tertiary/aromatic N) is 5. The summed E-state index contributed by atoms with van der Waals surface area (Å²) in [6, 6.07) is -0.0680. The first-order valence-corrected chi connectivity index (χ1v) is 7.48. The Labute approximate surface area is 135 Å². The number of alkyl halides is 3. The third-order valence-electron chi connectivity index (χ3n) is 4.31. The molecule has 0 aromatic carbocycles. The summed E-state index contributed by atoms with van der Waals surface area (Å²) in [7, 11) is 1.70. The zero-order chi connectivity index (χ0) is 17.6. The number of fused-ring (bicyclic) bond motifs is 1. The molecule has 7 nitrogen and oxygen atoms in total. The molecule has 1 amide bonds. The Morgan fingerprint density at radius 1 is 1.21 bits per heavy atom. The number of hydrogen-bond donors (Lipinski definition) is 1. The highest BCUT2D eigenvalue weighted by molar-refractivity contribution is 5.77. The van der Waals surface area contributed by atoms with E-state index in [0.717, 1.165) is 4.52 Å². The Morgan fingerprint density at radius 2 is 1.92 bits per heavy atom. The standard InChI is InChI=1S/C14H17F3N6O/c1-7-8(2)12-19-20-13(14(15,16)17)23(12)21-11(7)18-9-4-5-10(24)22(3)6-9/h9H,4-6H2,1-3H3,(H,18,21). The highest BCUT2D eigenvalue weighted by atomic mass is 19.4. The van der Waals surface area contributed by atoms with Gasteiger partial charge in [0.2, 0.25) is 5.91 Å². The van der Waals surface area contributed by atoms with Crippen LogP contribution in [-0.4, -0.2) is 50.3 Å². The third kappa shape index (κ3) is 2.76. The van der Waals surface area contributed by atoms with Crippen molar-refractivity contribution in [1.82, 2.24) is 24.7 Å². The highest BCUT2D eigenvalue weighted by Gasteiger charge is 2.38. The van der Waals surface area contributed by atoms with E-state index in [2.05, 4.69) is 20.6 Å². The normalized spacial score (nSPS) is 19.2. The summed E-state index contributed by atoms with van der Waals surface area (Å²) in [6.45, 7) is 3.93. The van der Waals surface area contributed by atoms with Crippen molar-refractivity contribution < 1.29 is 18.0 Å². The molecule has 10 heteroatoms. The van der Waals surface area contributed by atoms with Crippen molar-refractivity contribution in [2.45, 2.75) is 38.9 Å². The maximum absolute atomic E-state index is 13.0. The number of carbonyl (C=O) groups is 1. The van der Waals surface area contributed by atoms with Gasteiger partial charge in [0.05, 0.1) is 0 Å². The predicted molar refractivity (Wildman–Crippen MR) is 79.5 cm³/mol. The lowest BCUT2D eigenvalue weighted by Crippen LogP contribution is -2.43. The zero-order valence-corrected chi connectivity index (χ0v) is 13.5. The van der Waals surface area contributed by atoms with E-state index < -0.39 is 12.0 Å². The zero-order valence-electron chi connectivity index (χ0n) is 13.5. The van der Waals surface area contributed by atoms with Crippen LogP contribution in [0.3, 0.4) is 0 Å². The number of rotatable bonds is 2. The number of aromatic nitrogens is 4. The fourth-order valence-electron chi connectivity index (χ4n) is 2.77. The molecule has 3 rings (SSSR count). The van der Waals surface area contributed by atoms with Crippen LogP contribution in [0.15, 0.2) is 0 Å². The molecule has 1 fully saturated rings. The largest absolute Gasteiger partial charge is 0.453 e. The fraction of sp³-hybridized carbons (Fsp3) is 0.571. The van der Waals surface area contributed by atoms with Crippen molar-refractivity contribution in [1.29, 1.82) is 0 Å². The summed E-state index contributed by atoms with van der Waals surface area (Å²) in [4.78, 5) is 13.1. The quantitative estimate of drug-likeness (QED) is 0.901. The Morgan fingerprint density at radius 3 is 2.54 bits per heavy atom. The minimum Gasteiger partial charge on any atom is -0.364 e. The predicted octanol–water partition coefficient (Wildman–Crippen LogP) is 1.79. The first-order chi connectivity index (χ1) is 11.2. The number of hydrogen-bond acceptors (Lipinski definition) is 5. The van der Waals surface area contributed by atoms with Crippen LogP contribution in [0.1, 0.15) is 29.8 Å². The van der Waals surface area contributed by atoms with E-state index >= 15 is 0 Å². The molecule has 0 aliphatic carbocycles. The van der Waals surface area contributed by atoms with Gasteiger partial charge < -0.3 is 10.2 Å². The summed E-state index contributed by atoms with van der Waals surface area (Å²) < 4.78 is 39.8. The molecule has 2 aromatic heterocycles. The van der Waals surface area contributed by atoms with Crippen LogP contribution in [0, 0.1) is 13.8 Å². The highest BCUT2D eigenvalue weighted by Crippen LogP contribution is 2.30. The van der Waals surface area contributed by atoms with Crippen LogP contribution < -0.4 is 5.32 Å². The van der Waals surface area contributed by atoms with Gasteiger partial charge >= 0.3 is 6.18 Å². The molecule has 0 radical (unpaired) electrons. The molecule has 0 spiro atoms. The molecular weight excluding hydrogens is 325 g/mol. The average Bonchev–Trinajstić information content (AvgIpc) is 2.92. The van der Waals surface area contributed by atoms with Gasteiger partial charge in [0, 0.05) is 31.6 Å². The summed E-state index contributed by atoms with van der Waals surface area (Å²) in [5, 5.41) is 14.0. The molecule has 1 aliphatic rings. The SMILES string of the molecule is Cc1c(NC2CCC(=O)N(C)C2)nn2c(C(F)(F)F)nnc2c1C. The second-order valence-electron chi connectivity index (χ2n) is 6.01. The summed E-state index contributed by atoms with van der Waals surface area (Å²) in [5.41, 5.74) is 1.38. The Balaban J connectivity index is 1.99. The van der Waals surface area contributed by atoms with Gasteiger partial charge in [-0.1, -0.05) is 0 Å². The molecule has 1 aliphatic heterocycles. The monoisotopic (exact) mass is 342 g/mol. The summed E-state index contributed by atoms with van der Waals surface area (Å²) in [5.74, 6) is -0.750. The maximum Gasteiger partial charge on any atom is 0.453 e. The minimum absolute atomic E-state index is 0.0579. The number of likely N-dealkylation sites (tertiary alicyclic amines) is 1. The van der Waals surface area contributed by atoms with E-state index in [0.29, 0.717) is 36.3 Å². The molecular formula is C14H17F3N6O. The van der Waals surface area contributed by atoms with Gasteiger partial charge in [-0.15, -0.1) is 15.3 Å². The van der Waals surface area contributed by atoms with Crippen molar-refractivity contribution in [2.24, 2.45) is 0 Å². The molecule has 1 N–H and O–H groups in total. The lowest BCUT2D eigenvalue weighted by atomic mass is 10.1. The van der Waals surface area contributed by atoms with Gasteiger partial charge in [0.1, 0.15) is 0 Å². The van der Waals surface area contributed by atoms with E-state index in [1.807, 2.05) is 0 Å². The smallest absolute Gasteiger partial charge is 0.364 e. The molecule has 2 aromatic rings. The number of piperidine rings is 1. The third-order valence-corrected chi connectivity index (χ3v) is 4.31. The number of likely N-dealkylation sites (N-methyl/N-ethyl adjacent to an activating group) is 1. The van der Waals surface area contributed by atoms with Crippen LogP contribution >= 0.6 is 0 Å². The van der Waals surface area contributed by atoms with E-state index in [1.165, 1.54) is 0 Å². The second kappa shape index (κ2) is 5.60. The minimum atomic E-state index is -4.64.